The van der Waals surface area contributed by atoms with Crippen LogP contribution in [0, 0.1) is 13.8 Å². The van der Waals surface area contributed by atoms with Crippen molar-refractivity contribution in [2.24, 2.45) is 0 Å². The first-order chi connectivity index (χ1) is 10.3. The lowest BCUT2D eigenvalue weighted by Crippen LogP contribution is -2.14. The van der Waals surface area contributed by atoms with Gasteiger partial charge in [-0.15, -0.1) is 0 Å². The van der Waals surface area contributed by atoms with E-state index in [9.17, 15) is 8.42 Å². The Bertz CT molecular complexity index is 788. The molecule has 2 aromatic rings. The van der Waals surface area contributed by atoms with Gasteiger partial charge in [-0.3, -0.25) is 4.72 Å². The van der Waals surface area contributed by atoms with Gasteiger partial charge in [-0.1, -0.05) is 23.7 Å². The molecule has 0 radical (unpaired) electrons. The lowest BCUT2D eigenvalue weighted by Gasteiger charge is -2.14. The molecule has 0 amide bonds. The minimum absolute atomic E-state index is 0.117. The molecule has 0 aliphatic heterocycles. The number of anilines is 1. The molecule has 4 nitrogen and oxygen atoms in total. The van der Waals surface area contributed by atoms with Gasteiger partial charge in [0.2, 0.25) is 0 Å². The Morgan fingerprint density at radius 3 is 2.50 bits per heavy atom. The minimum atomic E-state index is -3.75. The summed E-state index contributed by atoms with van der Waals surface area (Å²) in [6, 6.07) is 10.1. The Morgan fingerprint density at radius 2 is 1.86 bits per heavy atom. The van der Waals surface area contributed by atoms with Gasteiger partial charge >= 0.3 is 0 Å². The number of sulfonamides is 1. The summed E-state index contributed by atoms with van der Waals surface area (Å²) in [5.41, 5.74) is 2.14. The molecule has 0 fully saturated rings. The fourth-order valence-electron chi connectivity index (χ4n) is 1.97. The Labute approximate surface area is 136 Å². The third-order valence-electron chi connectivity index (χ3n) is 3.11. The Hall–Kier alpha value is -1.72. The summed E-state index contributed by atoms with van der Waals surface area (Å²) < 4.78 is 33.2. The summed E-state index contributed by atoms with van der Waals surface area (Å²) in [5.74, 6) is 0.332. The van der Waals surface area contributed by atoms with E-state index >= 15 is 0 Å². The number of nitrogens with one attached hydrogen (secondary N) is 1. The second kappa shape index (κ2) is 6.58. The van der Waals surface area contributed by atoms with Crippen molar-refractivity contribution in [1.82, 2.24) is 0 Å². The maximum Gasteiger partial charge on any atom is 0.265 e. The molecule has 6 heteroatoms. The van der Waals surface area contributed by atoms with Crippen LogP contribution in [0.4, 0.5) is 5.69 Å². The summed E-state index contributed by atoms with van der Waals surface area (Å²) in [6.45, 7) is 5.89. The largest absolute Gasteiger partial charge is 0.492 e. The molecule has 0 saturated heterocycles. The zero-order valence-electron chi connectivity index (χ0n) is 12.7. The Balaban J connectivity index is 2.41. The van der Waals surface area contributed by atoms with Gasteiger partial charge in [0.25, 0.3) is 10.0 Å². The van der Waals surface area contributed by atoms with Gasteiger partial charge in [-0.05, 0) is 56.2 Å². The van der Waals surface area contributed by atoms with Gasteiger partial charge < -0.3 is 4.74 Å². The van der Waals surface area contributed by atoms with Crippen LogP contribution in [0.25, 0.3) is 0 Å². The van der Waals surface area contributed by atoms with E-state index in [4.69, 9.17) is 16.3 Å². The fraction of sp³-hybridized carbons (Fsp3) is 0.250. The van der Waals surface area contributed by atoms with Crippen molar-refractivity contribution in [3.05, 3.63) is 52.5 Å². The van der Waals surface area contributed by atoms with Crippen molar-refractivity contribution in [3.63, 3.8) is 0 Å². The van der Waals surface area contributed by atoms with E-state index in [1.54, 1.807) is 30.3 Å². The lowest BCUT2D eigenvalue weighted by atomic mass is 10.2. The maximum absolute atomic E-state index is 12.6. The van der Waals surface area contributed by atoms with Crippen LogP contribution in [0.3, 0.4) is 0 Å². The molecule has 1 N–H and O–H groups in total. The molecule has 22 heavy (non-hydrogen) atoms. The topological polar surface area (TPSA) is 55.4 Å². The third kappa shape index (κ3) is 3.72. The van der Waals surface area contributed by atoms with Gasteiger partial charge in [0.15, 0.2) is 0 Å². The quantitative estimate of drug-likeness (QED) is 0.890. The second-order valence-electron chi connectivity index (χ2n) is 4.95. The highest BCUT2D eigenvalue weighted by Gasteiger charge is 2.20. The zero-order chi connectivity index (χ0) is 16.3. The van der Waals surface area contributed by atoms with E-state index < -0.39 is 10.0 Å². The zero-order valence-corrected chi connectivity index (χ0v) is 14.3. The van der Waals surface area contributed by atoms with Gasteiger partial charge in [0.05, 0.1) is 12.3 Å². The van der Waals surface area contributed by atoms with Crippen LogP contribution in [0.1, 0.15) is 18.1 Å². The molecule has 0 saturated carbocycles. The number of ether oxygens (including phenoxy) is 1. The highest BCUT2D eigenvalue weighted by Crippen LogP contribution is 2.28. The van der Waals surface area contributed by atoms with Crippen molar-refractivity contribution in [1.29, 1.82) is 0 Å². The molecule has 0 bridgehead atoms. The van der Waals surface area contributed by atoms with Crippen LogP contribution < -0.4 is 9.46 Å². The summed E-state index contributed by atoms with van der Waals surface area (Å²) >= 11 is 6.04. The number of aryl methyl sites for hydroxylation is 2. The smallest absolute Gasteiger partial charge is 0.265 e. The molecular weight excluding hydrogens is 322 g/mol. The van der Waals surface area contributed by atoms with Crippen LogP contribution >= 0.6 is 11.6 Å². The number of hydrogen-bond acceptors (Lipinski definition) is 3. The highest BCUT2D eigenvalue weighted by atomic mass is 35.5. The normalized spacial score (nSPS) is 11.3. The fourth-order valence-corrected chi connectivity index (χ4v) is 3.43. The minimum Gasteiger partial charge on any atom is -0.492 e. The van der Waals surface area contributed by atoms with Crippen LogP contribution in [-0.4, -0.2) is 15.0 Å². The highest BCUT2D eigenvalue weighted by molar-refractivity contribution is 7.92. The number of halogens is 1. The first-order valence-electron chi connectivity index (χ1n) is 6.86. The van der Waals surface area contributed by atoms with E-state index in [0.29, 0.717) is 23.1 Å². The van der Waals surface area contributed by atoms with Gasteiger partial charge in [0, 0.05) is 5.02 Å². The molecule has 0 atom stereocenters. The van der Waals surface area contributed by atoms with Crippen LogP contribution in [-0.2, 0) is 10.0 Å². The second-order valence-corrected chi connectivity index (χ2v) is 7.01. The molecule has 2 rings (SSSR count). The van der Waals surface area contributed by atoms with Gasteiger partial charge in [-0.2, -0.15) is 0 Å². The van der Waals surface area contributed by atoms with Gasteiger partial charge in [0.1, 0.15) is 10.6 Å². The SMILES string of the molecule is CCOc1ccc(C)cc1S(=O)(=O)Nc1ccc(C)c(Cl)c1. The molecule has 2 aromatic carbocycles. The first kappa shape index (κ1) is 16.6. The summed E-state index contributed by atoms with van der Waals surface area (Å²) in [7, 11) is -3.75. The summed E-state index contributed by atoms with van der Waals surface area (Å²) in [4.78, 5) is 0.117. The predicted octanol–water partition coefficient (Wildman–Crippen LogP) is 4.16. The average molecular weight is 340 g/mol. The van der Waals surface area contributed by atoms with Crippen LogP contribution in [0.15, 0.2) is 41.3 Å². The van der Waals surface area contributed by atoms with E-state index in [0.717, 1.165) is 11.1 Å². The molecular formula is C16H18ClNO3S. The number of benzene rings is 2. The molecule has 118 valence electrons. The Kier molecular flexibility index (Phi) is 4.98. The summed E-state index contributed by atoms with van der Waals surface area (Å²) in [5, 5.41) is 0.509. The Morgan fingerprint density at radius 1 is 1.14 bits per heavy atom. The summed E-state index contributed by atoms with van der Waals surface area (Å²) in [6.07, 6.45) is 0. The van der Waals surface area contributed by atoms with Crippen molar-refractivity contribution < 1.29 is 13.2 Å². The predicted molar refractivity (Wildman–Crippen MR) is 89.3 cm³/mol. The number of rotatable bonds is 5. The standard InChI is InChI=1S/C16H18ClNO3S/c1-4-21-15-8-5-11(2)9-16(15)22(19,20)18-13-7-6-12(3)14(17)10-13/h5-10,18H,4H2,1-3H3. The van der Waals surface area contributed by atoms with E-state index in [1.807, 2.05) is 26.8 Å². The maximum atomic E-state index is 12.6. The number of hydrogen-bond donors (Lipinski definition) is 1. The van der Waals surface area contributed by atoms with Crippen molar-refractivity contribution >= 4 is 27.3 Å². The van der Waals surface area contributed by atoms with Crippen LogP contribution in [0.5, 0.6) is 5.75 Å². The molecule has 0 aliphatic rings. The molecule has 0 aliphatic carbocycles. The van der Waals surface area contributed by atoms with Gasteiger partial charge in [-0.25, -0.2) is 8.42 Å². The average Bonchev–Trinajstić information content (AvgIpc) is 2.45. The third-order valence-corrected chi connectivity index (χ3v) is 4.92. The molecule has 0 heterocycles. The molecule has 0 unspecified atom stereocenters. The van der Waals surface area contributed by atoms with E-state index in [1.165, 1.54) is 0 Å². The lowest BCUT2D eigenvalue weighted by molar-refractivity contribution is 0.331. The van der Waals surface area contributed by atoms with Crippen molar-refractivity contribution in [2.75, 3.05) is 11.3 Å². The van der Waals surface area contributed by atoms with E-state index in [2.05, 4.69) is 4.72 Å². The molecule has 0 aromatic heterocycles. The monoisotopic (exact) mass is 339 g/mol. The first-order valence-corrected chi connectivity index (χ1v) is 8.72. The van der Waals surface area contributed by atoms with E-state index in [-0.39, 0.29) is 4.90 Å². The van der Waals surface area contributed by atoms with Crippen molar-refractivity contribution in [2.45, 2.75) is 25.7 Å². The molecule has 0 spiro atoms. The van der Waals surface area contributed by atoms with Crippen molar-refractivity contribution in [3.8, 4) is 5.75 Å². The van der Waals surface area contributed by atoms with Crippen LogP contribution in [0.2, 0.25) is 5.02 Å².